The zero-order chi connectivity index (χ0) is 8.55. The third-order valence-corrected chi connectivity index (χ3v) is 4.11. The van der Waals surface area contributed by atoms with Crippen LogP contribution in [0.15, 0.2) is 0 Å². The van der Waals surface area contributed by atoms with Gasteiger partial charge in [-0.15, -0.1) is 11.6 Å². The van der Waals surface area contributed by atoms with E-state index in [4.69, 9.17) is 11.6 Å². The Morgan fingerprint density at radius 2 is 1.58 bits per heavy atom. The van der Waals surface area contributed by atoms with Gasteiger partial charge in [-0.1, -0.05) is 12.8 Å². The first-order chi connectivity index (χ1) is 5.79. The molecular weight excluding hydrogens is 172 g/mol. The number of fused-ring (bicyclic) bond motifs is 1. The van der Waals surface area contributed by atoms with Crippen molar-refractivity contribution in [3.63, 3.8) is 0 Å². The van der Waals surface area contributed by atoms with Crippen molar-refractivity contribution in [2.24, 2.45) is 11.8 Å². The Kier molecular flexibility index (Phi) is 2.61. The van der Waals surface area contributed by atoms with Gasteiger partial charge in [0.25, 0.3) is 0 Å². The van der Waals surface area contributed by atoms with Gasteiger partial charge in [0.15, 0.2) is 0 Å². The molecular formula is C10H17ClO. The molecule has 0 spiro atoms. The lowest BCUT2D eigenvalue weighted by Crippen LogP contribution is -2.40. The molecule has 0 radical (unpaired) electrons. The Labute approximate surface area is 79.1 Å². The van der Waals surface area contributed by atoms with E-state index in [1.807, 2.05) is 0 Å². The average molecular weight is 189 g/mol. The molecule has 12 heavy (non-hydrogen) atoms. The minimum absolute atomic E-state index is 0.0506. The maximum absolute atomic E-state index is 9.76. The van der Waals surface area contributed by atoms with Crippen molar-refractivity contribution in [1.82, 2.24) is 0 Å². The molecule has 2 rings (SSSR count). The average Bonchev–Trinajstić information content (AvgIpc) is 2.12. The molecule has 70 valence electrons. The van der Waals surface area contributed by atoms with E-state index < -0.39 is 0 Å². The Morgan fingerprint density at radius 1 is 0.917 bits per heavy atom. The smallest absolute Gasteiger partial charge is 0.0572 e. The summed E-state index contributed by atoms with van der Waals surface area (Å²) in [6, 6.07) is 0. The van der Waals surface area contributed by atoms with Gasteiger partial charge in [0, 0.05) is 5.38 Å². The van der Waals surface area contributed by atoms with Crippen LogP contribution >= 0.6 is 11.6 Å². The summed E-state index contributed by atoms with van der Waals surface area (Å²) in [6.07, 6.45) is 6.95. The highest BCUT2D eigenvalue weighted by Gasteiger charge is 2.38. The quantitative estimate of drug-likeness (QED) is 0.580. The van der Waals surface area contributed by atoms with E-state index in [2.05, 4.69) is 0 Å². The molecule has 1 N–H and O–H groups in total. The molecule has 0 amide bonds. The Bertz CT molecular complexity index is 142. The van der Waals surface area contributed by atoms with Gasteiger partial charge in [0.05, 0.1) is 6.10 Å². The highest BCUT2D eigenvalue weighted by molar-refractivity contribution is 6.20. The van der Waals surface area contributed by atoms with Crippen molar-refractivity contribution in [3.8, 4) is 0 Å². The van der Waals surface area contributed by atoms with Crippen molar-refractivity contribution in [2.45, 2.75) is 50.0 Å². The summed E-state index contributed by atoms with van der Waals surface area (Å²) in [5.74, 6) is 1.14. The number of aliphatic hydroxyl groups is 1. The first kappa shape index (κ1) is 8.83. The highest BCUT2D eigenvalue weighted by Crippen LogP contribution is 2.42. The first-order valence-corrected chi connectivity index (χ1v) is 5.55. The molecule has 4 atom stereocenters. The molecule has 2 fully saturated rings. The lowest BCUT2D eigenvalue weighted by atomic mass is 9.69. The van der Waals surface area contributed by atoms with Gasteiger partial charge in [-0.05, 0) is 37.5 Å². The highest BCUT2D eigenvalue weighted by atomic mass is 35.5. The maximum atomic E-state index is 9.76. The minimum Gasteiger partial charge on any atom is -0.393 e. The van der Waals surface area contributed by atoms with Gasteiger partial charge >= 0.3 is 0 Å². The predicted octanol–water partition coefficient (Wildman–Crippen LogP) is 2.55. The summed E-state index contributed by atoms with van der Waals surface area (Å²) in [6.45, 7) is 0. The molecule has 2 saturated carbocycles. The van der Waals surface area contributed by atoms with Crippen LogP contribution in [0.4, 0.5) is 0 Å². The van der Waals surface area contributed by atoms with Crippen LogP contribution in [0.5, 0.6) is 0 Å². The zero-order valence-corrected chi connectivity index (χ0v) is 8.13. The first-order valence-electron chi connectivity index (χ1n) is 5.11. The normalized spacial score (nSPS) is 48.5. The van der Waals surface area contributed by atoms with E-state index in [0.717, 1.165) is 12.8 Å². The molecule has 2 aliphatic rings. The van der Waals surface area contributed by atoms with Crippen LogP contribution in [-0.2, 0) is 0 Å². The van der Waals surface area contributed by atoms with Crippen molar-refractivity contribution >= 4 is 11.6 Å². The molecule has 0 aromatic rings. The van der Waals surface area contributed by atoms with E-state index in [1.54, 1.807) is 0 Å². The zero-order valence-electron chi connectivity index (χ0n) is 7.38. The van der Waals surface area contributed by atoms with Gasteiger partial charge in [-0.3, -0.25) is 0 Å². The molecule has 1 nitrogen and oxygen atoms in total. The predicted molar refractivity (Wildman–Crippen MR) is 50.3 cm³/mol. The van der Waals surface area contributed by atoms with Crippen molar-refractivity contribution in [3.05, 3.63) is 0 Å². The summed E-state index contributed by atoms with van der Waals surface area (Å²) in [5.41, 5.74) is 0. The van der Waals surface area contributed by atoms with Crippen molar-refractivity contribution < 1.29 is 5.11 Å². The Morgan fingerprint density at radius 3 is 2.25 bits per heavy atom. The van der Waals surface area contributed by atoms with E-state index >= 15 is 0 Å². The van der Waals surface area contributed by atoms with Crippen LogP contribution in [0, 0.1) is 11.8 Å². The van der Waals surface area contributed by atoms with Gasteiger partial charge in [-0.2, -0.15) is 0 Å². The fourth-order valence-corrected chi connectivity index (χ4v) is 3.31. The second kappa shape index (κ2) is 3.55. The van der Waals surface area contributed by atoms with E-state index in [0.29, 0.717) is 17.2 Å². The summed E-state index contributed by atoms with van der Waals surface area (Å²) in [4.78, 5) is 0. The number of rotatable bonds is 0. The fraction of sp³-hybridized carbons (Fsp3) is 1.00. The van der Waals surface area contributed by atoms with Gasteiger partial charge < -0.3 is 5.11 Å². The second-order valence-electron chi connectivity index (χ2n) is 4.27. The van der Waals surface area contributed by atoms with Crippen LogP contribution in [0.25, 0.3) is 0 Å². The second-order valence-corrected chi connectivity index (χ2v) is 4.83. The van der Waals surface area contributed by atoms with Gasteiger partial charge in [-0.25, -0.2) is 0 Å². The molecule has 0 aromatic heterocycles. The van der Waals surface area contributed by atoms with E-state index in [1.165, 1.54) is 25.7 Å². The molecule has 0 saturated heterocycles. The van der Waals surface area contributed by atoms with Crippen LogP contribution in [-0.4, -0.2) is 16.6 Å². The number of aliphatic hydroxyl groups excluding tert-OH is 1. The van der Waals surface area contributed by atoms with Gasteiger partial charge in [0.2, 0.25) is 0 Å². The summed E-state index contributed by atoms with van der Waals surface area (Å²) < 4.78 is 0. The monoisotopic (exact) mass is 188 g/mol. The molecule has 0 aliphatic heterocycles. The summed E-state index contributed by atoms with van der Waals surface area (Å²) >= 11 is 6.24. The van der Waals surface area contributed by atoms with Crippen LogP contribution in [0.3, 0.4) is 0 Å². The lowest BCUT2D eigenvalue weighted by Gasteiger charge is -2.41. The number of halogens is 1. The number of alkyl halides is 1. The molecule has 0 heterocycles. The van der Waals surface area contributed by atoms with Crippen molar-refractivity contribution in [1.29, 1.82) is 0 Å². The number of hydrogen-bond acceptors (Lipinski definition) is 1. The molecule has 2 unspecified atom stereocenters. The largest absolute Gasteiger partial charge is 0.393 e. The molecule has 2 heteroatoms. The summed E-state index contributed by atoms with van der Waals surface area (Å²) in [5, 5.41) is 10.1. The Balaban J connectivity index is 2.05. The fourth-order valence-electron chi connectivity index (χ4n) is 2.87. The summed E-state index contributed by atoms with van der Waals surface area (Å²) in [7, 11) is 0. The number of hydrogen-bond donors (Lipinski definition) is 1. The molecule has 2 aliphatic carbocycles. The van der Waals surface area contributed by atoms with Crippen LogP contribution in [0.2, 0.25) is 0 Å². The van der Waals surface area contributed by atoms with Crippen molar-refractivity contribution in [2.75, 3.05) is 0 Å². The minimum atomic E-state index is -0.0506. The lowest BCUT2D eigenvalue weighted by molar-refractivity contribution is 0.0127. The SMILES string of the molecule is O[C@H]1CC[C@@H](Cl)C2CCCCC21. The van der Waals surface area contributed by atoms with Gasteiger partial charge in [0.1, 0.15) is 0 Å². The van der Waals surface area contributed by atoms with E-state index in [-0.39, 0.29) is 6.10 Å². The molecule has 0 bridgehead atoms. The maximum Gasteiger partial charge on any atom is 0.0572 e. The molecule has 0 aromatic carbocycles. The van der Waals surface area contributed by atoms with Crippen LogP contribution < -0.4 is 0 Å². The Hall–Kier alpha value is 0.250. The standard InChI is InChI=1S/C10H17ClO/c11-9-5-6-10(12)8-4-2-1-3-7(8)9/h7-10,12H,1-6H2/t7?,8?,9-,10+/m1/s1. The topological polar surface area (TPSA) is 20.2 Å². The third kappa shape index (κ3) is 1.49. The third-order valence-electron chi connectivity index (χ3n) is 3.57. The van der Waals surface area contributed by atoms with E-state index in [9.17, 15) is 5.11 Å². The van der Waals surface area contributed by atoms with Crippen LogP contribution in [0.1, 0.15) is 38.5 Å².